The van der Waals surface area contributed by atoms with Crippen molar-refractivity contribution in [3.05, 3.63) is 81.9 Å². The molecule has 0 saturated heterocycles. The van der Waals surface area contributed by atoms with E-state index in [1.807, 2.05) is 13.0 Å². The van der Waals surface area contributed by atoms with Crippen LogP contribution in [0.1, 0.15) is 47.2 Å². The van der Waals surface area contributed by atoms with Gasteiger partial charge in [0.1, 0.15) is 0 Å². The lowest BCUT2D eigenvalue weighted by Crippen LogP contribution is -1.86. The van der Waals surface area contributed by atoms with Gasteiger partial charge in [-0.1, -0.05) is 66.3 Å². The summed E-state index contributed by atoms with van der Waals surface area (Å²) in [4.78, 5) is 0. The summed E-state index contributed by atoms with van der Waals surface area (Å²) in [5.41, 5.74) is 8.02. The van der Waals surface area contributed by atoms with Gasteiger partial charge in [-0.3, -0.25) is 0 Å². The molecule has 0 N–H and O–H groups in total. The van der Waals surface area contributed by atoms with E-state index in [2.05, 4.69) is 89.2 Å². The van der Waals surface area contributed by atoms with E-state index in [-0.39, 0.29) is 0 Å². The highest BCUT2D eigenvalue weighted by atomic mass is 14.0. The zero-order valence-electron chi connectivity index (χ0n) is 14.8. The first-order chi connectivity index (χ1) is 10.5. The van der Waals surface area contributed by atoms with Crippen LogP contribution in [0.25, 0.3) is 12.2 Å². The van der Waals surface area contributed by atoms with Gasteiger partial charge in [0.2, 0.25) is 0 Å². The third-order valence-electron chi connectivity index (χ3n) is 3.67. The highest BCUT2D eigenvalue weighted by molar-refractivity contribution is 5.55. The highest BCUT2D eigenvalue weighted by Gasteiger charge is 1.97. The molecule has 22 heavy (non-hydrogen) atoms. The van der Waals surface area contributed by atoms with Gasteiger partial charge in [0.15, 0.2) is 0 Å². The zero-order chi connectivity index (χ0) is 16.5. The van der Waals surface area contributed by atoms with Crippen LogP contribution >= 0.6 is 0 Å². The molecule has 0 heteroatoms. The van der Waals surface area contributed by atoms with Crippen LogP contribution in [-0.2, 0) is 0 Å². The molecule has 116 valence electrons. The molecule has 0 spiro atoms. The van der Waals surface area contributed by atoms with Crippen molar-refractivity contribution in [2.75, 3.05) is 0 Å². The van der Waals surface area contributed by atoms with E-state index in [9.17, 15) is 0 Å². The van der Waals surface area contributed by atoms with Crippen LogP contribution in [0.2, 0.25) is 0 Å². The Hall–Kier alpha value is -2.08. The summed E-state index contributed by atoms with van der Waals surface area (Å²) in [6.45, 7) is 12.6. The smallest absolute Gasteiger partial charge is 0.0228 e. The van der Waals surface area contributed by atoms with Crippen LogP contribution in [0.4, 0.5) is 0 Å². The predicted octanol–water partition coefficient (Wildman–Crippen LogP) is 6.67. The van der Waals surface area contributed by atoms with E-state index in [1.165, 1.54) is 33.4 Å². The molecule has 0 amide bonds. The molecule has 0 aliphatic rings. The van der Waals surface area contributed by atoms with E-state index in [0.717, 1.165) is 0 Å². The summed E-state index contributed by atoms with van der Waals surface area (Å²) in [6, 6.07) is 13.0. The average Bonchev–Trinajstić information content (AvgIpc) is 2.48. The van der Waals surface area contributed by atoms with Gasteiger partial charge in [0, 0.05) is 0 Å². The van der Waals surface area contributed by atoms with Gasteiger partial charge in [-0.2, -0.15) is 0 Å². The minimum Gasteiger partial charge on any atom is -0.0871 e. The van der Waals surface area contributed by atoms with Gasteiger partial charge >= 0.3 is 0 Å². The lowest BCUT2D eigenvalue weighted by molar-refractivity contribution is 1.29. The molecule has 2 aromatic carbocycles. The van der Waals surface area contributed by atoms with E-state index in [1.54, 1.807) is 0 Å². The number of benzene rings is 2. The fourth-order valence-corrected chi connectivity index (χ4v) is 2.21. The van der Waals surface area contributed by atoms with Crippen molar-refractivity contribution in [2.45, 2.75) is 41.5 Å². The lowest BCUT2D eigenvalue weighted by Gasteiger charge is -2.05. The molecule has 0 aliphatic heterocycles. The van der Waals surface area contributed by atoms with Crippen LogP contribution in [-0.4, -0.2) is 0 Å². The van der Waals surface area contributed by atoms with E-state index in [4.69, 9.17) is 0 Å². The molecule has 0 atom stereocenters. The van der Waals surface area contributed by atoms with Crippen LogP contribution in [0, 0.1) is 27.7 Å². The Morgan fingerprint density at radius 2 is 1.18 bits per heavy atom. The Morgan fingerprint density at radius 3 is 1.73 bits per heavy atom. The normalized spacial score (nSPS) is 10.8. The second-order valence-electron chi connectivity index (χ2n) is 5.70. The Balaban J connectivity index is 0.000000224. The second kappa shape index (κ2) is 9.04. The standard InChI is InChI=1S/C12H16.C10H12/c1-5-6-12-8-10(3)9(2)7-11(12)4;1-3-4-10-7-5-9(2)6-8-10/h5-8H,1-4H3;3-8H,1-2H3/b6-5+;4-3+. The number of allylic oxidation sites excluding steroid dienone is 2. The molecule has 0 saturated carbocycles. The lowest BCUT2D eigenvalue weighted by atomic mass is 10.0. The van der Waals surface area contributed by atoms with Gasteiger partial charge < -0.3 is 0 Å². The van der Waals surface area contributed by atoms with Gasteiger partial charge in [-0.15, -0.1) is 0 Å². The van der Waals surface area contributed by atoms with Crippen LogP contribution < -0.4 is 0 Å². The fraction of sp³-hybridized carbons (Fsp3) is 0.273. The summed E-state index contributed by atoms with van der Waals surface area (Å²) in [5, 5.41) is 0. The molecule has 0 aliphatic carbocycles. The molecular formula is C22H28. The van der Waals surface area contributed by atoms with Gasteiger partial charge in [0.25, 0.3) is 0 Å². The first-order valence-corrected chi connectivity index (χ1v) is 7.87. The van der Waals surface area contributed by atoms with Crippen LogP contribution in [0.3, 0.4) is 0 Å². The summed E-state index contributed by atoms with van der Waals surface area (Å²) in [6.07, 6.45) is 8.38. The highest BCUT2D eigenvalue weighted by Crippen LogP contribution is 2.16. The van der Waals surface area contributed by atoms with Gasteiger partial charge in [-0.05, 0) is 69.4 Å². The maximum atomic E-state index is 2.24. The zero-order valence-corrected chi connectivity index (χ0v) is 14.8. The van der Waals surface area contributed by atoms with Crippen molar-refractivity contribution >= 4 is 12.2 Å². The third kappa shape index (κ3) is 5.73. The van der Waals surface area contributed by atoms with Crippen LogP contribution in [0.15, 0.2) is 48.6 Å². The van der Waals surface area contributed by atoms with Crippen LogP contribution in [0.5, 0.6) is 0 Å². The Morgan fingerprint density at radius 1 is 0.636 bits per heavy atom. The maximum absolute atomic E-state index is 2.24. The average molecular weight is 292 g/mol. The summed E-state index contributed by atoms with van der Waals surface area (Å²) >= 11 is 0. The van der Waals surface area contributed by atoms with Crippen molar-refractivity contribution in [1.82, 2.24) is 0 Å². The maximum Gasteiger partial charge on any atom is -0.0228 e. The molecule has 2 aromatic rings. The third-order valence-corrected chi connectivity index (χ3v) is 3.67. The fourth-order valence-electron chi connectivity index (χ4n) is 2.21. The molecule has 0 unspecified atom stereocenters. The molecule has 2 rings (SSSR count). The molecule has 0 fully saturated rings. The number of rotatable bonds is 2. The molecule has 0 aromatic heterocycles. The quantitative estimate of drug-likeness (QED) is 0.579. The Labute approximate surface area is 136 Å². The number of aryl methyl sites for hydroxylation is 4. The number of hydrogen-bond acceptors (Lipinski definition) is 0. The van der Waals surface area contributed by atoms with Crippen molar-refractivity contribution in [1.29, 1.82) is 0 Å². The molecular weight excluding hydrogens is 264 g/mol. The SMILES string of the molecule is C/C=C/c1cc(C)c(C)cc1C.C/C=C/c1ccc(C)cc1. The second-order valence-corrected chi connectivity index (χ2v) is 5.70. The first-order valence-electron chi connectivity index (χ1n) is 7.87. The summed E-state index contributed by atoms with van der Waals surface area (Å²) < 4.78 is 0. The monoisotopic (exact) mass is 292 g/mol. The predicted molar refractivity (Wildman–Crippen MR) is 101 cm³/mol. The van der Waals surface area contributed by atoms with Gasteiger partial charge in [0.05, 0.1) is 0 Å². The number of hydrogen-bond donors (Lipinski definition) is 0. The van der Waals surface area contributed by atoms with Crippen molar-refractivity contribution in [3.8, 4) is 0 Å². The Bertz CT molecular complexity index is 640. The first kappa shape index (κ1) is 18.0. The largest absolute Gasteiger partial charge is 0.0871 e. The Kier molecular flexibility index (Phi) is 7.39. The minimum atomic E-state index is 1.27. The van der Waals surface area contributed by atoms with Gasteiger partial charge in [-0.25, -0.2) is 0 Å². The van der Waals surface area contributed by atoms with E-state index in [0.29, 0.717) is 0 Å². The topological polar surface area (TPSA) is 0 Å². The van der Waals surface area contributed by atoms with Crippen molar-refractivity contribution in [2.24, 2.45) is 0 Å². The minimum absolute atomic E-state index is 1.27. The summed E-state index contributed by atoms with van der Waals surface area (Å²) in [7, 11) is 0. The summed E-state index contributed by atoms with van der Waals surface area (Å²) in [5.74, 6) is 0. The molecule has 0 nitrogen and oxygen atoms in total. The molecule has 0 bridgehead atoms. The van der Waals surface area contributed by atoms with Crippen molar-refractivity contribution < 1.29 is 0 Å². The van der Waals surface area contributed by atoms with E-state index >= 15 is 0 Å². The molecule has 0 radical (unpaired) electrons. The van der Waals surface area contributed by atoms with Crippen molar-refractivity contribution in [3.63, 3.8) is 0 Å². The molecule has 0 heterocycles. The van der Waals surface area contributed by atoms with E-state index < -0.39 is 0 Å².